The summed E-state index contributed by atoms with van der Waals surface area (Å²) in [6.07, 6.45) is -4.35. The molecular formula is C33H37F3N4. The Kier molecular flexibility index (Phi) is 8.43. The molecule has 0 amide bonds. The summed E-state index contributed by atoms with van der Waals surface area (Å²) in [5.41, 5.74) is 4.74. The van der Waals surface area contributed by atoms with Gasteiger partial charge in [0.1, 0.15) is 5.82 Å². The molecule has 210 valence electrons. The molecule has 0 N–H and O–H groups in total. The first-order chi connectivity index (χ1) is 19.2. The van der Waals surface area contributed by atoms with Gasteiger partial charge in [0.2, 0.25) is 0 Å². The van der Waals surface area contributed by atoms with Crippen LogP contribution >= 0.6 is 0 Å². The number of alkyl halides is 3. The quantitative estimate of drug-likeness (QED) is 0.230. The molecule has 1 aliphatic heterocycles. The van der Waals surface area contributed by atoms with E-state index in [9.17, 15) is 13.2 Å². The standard InChI is InChI=1S/C33H37F3N4/c1-24(2)22-40-30(25(3)37-32(40)28-14-16-29(17-15-28)33(34,35)36)23-38-18-20-39(21-19-38)31(26-10-6-4-7-11-26)27-12-8-5-9-13-27/h4-17,24,31H,18-23H2,1-3H3. The van der Waals surface area contributed by atoms with Crippen molar-refractivity contribution in [2.45, 2.75) is 46.1 Å². The van der Waals surface area contributed by atoms with E-state index in [-0.39, 0.29) is 6.04 Å². The Hall–Kier alpha value is -3.42. The summed E-state index contributed by atoms with van der Waals surface area (Å²) in [7, 11) is 0. The summed E-state index contributed by atoms with van der Waals surface area (Å²) < 4.78 is 41.6. The molecule has 0 aliphatic carbocycles. The van der Waals surface area contributed by atoms with Gasteiger partial charge in [-0.25, -0.2) is 4.98 Å². The van der Waals surface area contributed by atoms with Crippen LogP contribution in [0.5, 0.6) is 0 Å². The zero-order valence-electron chi connectivity index (χ0n) is 23.4. The number of benzene rings is 3. The Morgan fingerprint density at radius 1 is 0.775 bits per heavy atom. The number of halogens is 3. The molecule has 1 aromatic heterocycles. The second-order valence-electron chi connectivity index (χ2n) is 11.1. The predicted octanol–water partition coefficient (Wildman–Crippen LogP) is 7.44. The first kappa shape index (κ1) is 28.1. The molecule has 0 atom stereocenters. The molecule has 1 fully saturated rings. The Morgan fingerprint density at radius 3 is 1.82 bits per heavy atom. The molecule has 7 heteroatoms. The van der Waals surface area contributed by atoms with E-state index >= 15 is 0 Å². The molecule has 1 saturated heterocycles. The molecule has 0 unspecified atom stereocenters. The topological polar surface area (TPSA) is 24.3 Å². The van der Waals surface area contributed by atoms with Crippen molar-refractivity contribution in [1.29, 1.82) is 0 Å². The fourth-order valence-electron chi connectivity index (χ4n) is 5.67. The van der Waals surface area contributed by atoms with E-state index in [1.54, 1.807) is 0 Å². The maximum absolute atomic E-state index is 13.1. The van der Waals surface area contributed by atoms with Crippen LogP contribution in [-0.2, 0) is 19.3 Å². The van der Waals surface area contributed by atoms with Gasteiger partial charge in [-0.1, -0.05) is 86.6 Å². The zero-order valence-corrected chi connectivity index (χ0v) is 23.4. The first-order valence-electron chi connectivity index (χ1n) is 14.0. The third kappa shape index (κ3) is 6.31. The van der Waals surface area contributed by atoms with Crippen molar-refractivity contribution in [2.75, 3.05) is 26.2 Å². The van der Waals surface area contributed by atoms with Crippen LogP contribution < -0.4 is 0 Å². The lowest BCUT2D eigenvalue weighted by atomic mass is 9.96. The van der Waals surface area contributed by atoms with Crippen LogP contribution in [0.2, 0.25) is 0 Å². The SMILES string of the molecule is Cc1nc(-c2ccc(C(F)(F)F)cc2)n(CC(C)C)c1CN1CCN(C(c2ccccc2)c2ccccc2)CC1. The van der Waals surface area contributed by atoms with Gasteiger partial charge in [0.15, 0.2) is 0 Å². The Morgan fingerprint density at radius 2 is 1.32 bits per heavy atom. The highest BCUT2D eigenvalue weighted by molar-refractivity contribution is 5.58. The van der Waals surface area contributed by atoms with Gasteiger partial charge >= 0.3 is 6.18 Å². The fourth-order valence-corrected chi connectivity index (χ4v) is 5.67. The van der Waals surface area contributed by atoms with Gasteiger partial charge < -0.3 is 4.57 Å². The van der Waals surface area contributed by atoms with Crippen LogP contribution in [-0.4, -0.2) is 45.5 Å². The predicted molar refractivity (Wildman–Crippen MR) is 154 cm³/mol. The van der Waals surface area contributed by atoms with Crippen LogP contribution in [0.1, 0.15) is 48.0 Å². The minimum atomic E-state index is -4.35. The van der Waals surface area contributed by atoms with Crippen LogP contribution in [0.3, 0.4) is 0 Å². The van der Waals surface area contributed by atoms with Crippen LogP contribution in [0, 0.1) is 12.8 Å². The van der Waals surface area contributed by atoms with Crippen molar-refractivity contribution < 1.29 is 13.2 Å². The maximum atomic E-state index is 13.1. The summed E-state index contributed by atoms with van der Waals surface area (Å²) in [5, 5.41) is 0. The number of aromatic nitrogens is 2. The lowest BCUT2D eigenvalue weighted by molar-refractivity contribution is -0.137. The third-order valence-corrected chi connectivity index (χ3v) is 7.67. The molecule has 0 spiro atoms. The van der Waals surface area contributed by atoms with E-state index in [0.29, 0.717) is 11.5 Å². The smallest absolute Gasteiger partial charge is 0.326 e. The van der Waals surface area contributed by atoms with E-state index in [1.807, 2.05) is 6.92 Å². The number of imidazole rings is 1. The molecule has 3 aromatic carbocycles. The highest BCUT2D eigenvalue weighted by Crippen LogP contribution is 2.33. The van der Waals surface area contributed by atoms with Gasteiger partial charge in [-0.3, -0.25) is 9.80 Å². The van der Waals surface area contributed by atoms with Crippen LogP contribution in [0.15, 0.2) is 84.9 Å². The fraction of sp³-hybridized carbons (Fsp3) is 0.364. The van der Waals surface area contributed by atoms with Crippen molar-refractivity contribution in [2.24, 2.45) is 5.92 Å². The molecule has 2 heterocycles. The Labute approximate surface area is 235 Å². The first-order valence-corrected chi connectivity index (χ1v) is 14.0. The maximum Gasteiger partial charge on any atom is 0.416 e. The summed E-state index contributed by atoms with van der Waals surface area (Å²) >= 11 is 0. The molecule has 1 aliphatic rings. The second-order valence-corrected chi connectivity index (χ2v) is 11.1. The van der Waals surface area contributed by atoms with Crippen molar-refractivity contribution in [3.8, 4) is 11.4 Å². The highest BCUT2D eigenvalue weighted by atomic mass is 19.4. The summed E-state index contributed by atoms with van der Waals surface area (Å²) in [6, 6.07) is 27.0. The van der Waals surface area contributed by atoms with Gasteiger partial charge in [0, 0.05) is 44.8 Å². The summed E-state index contributed by atoms with van der Waals surface area (Å²) in [4.78, 5) is 9.89. The minimum absolute atomic E-state index is 0.212. The summed E-state index contributed by atoms with van der Waals surface area (Å²) in [6.45, 7) is 11.6. The van der Waals surface area contributed by atoms with E-state index in [4.69, 9.17) is 4.98 Å². The average Bonchev–Trinajstić information content (AvgIpc) is 3.24. The molecule has 40 heavy (non-hydrogen) atoms. The second kappa shape index (κ2) is 12.0. The molecule has 0 saturated carbocycles. The number of rotatable bonds is 8. The van der Waals surface area contributed by atoms with Gasteiger partial charge in [0.05, 0.1) is 23.0 Å². The van der Waals surface area contributed by atoms with Gasteiger partial charge in [-0.15, -0.1) is 0 Å². The number of nitrogens with zero attached hydrogens (tertiary/aromatic N) is 4. The van der Waals surface area contributed by atoms with E-state index in [0.717, 1.165) is 68.6 Å². The van der Waals surface area contributed by atoms with Gasteiger partial charge in [-0.05, 0) is 36.1 Å². The van der Waals surface area contributed by atoms with Crippen molar-refractivity contribution in [3.63, 3.8) is 0 Å². The molecular weight excluding hydrogens is 509 g/mol. The van der Waals surface area contributed by atoms with E-state index < -0.39 is 11.7 Å². The lowest BCUT2D eigenvalue weighted by Crippen LogP contribution is -2.47. The molecule has 4 nitrogen and oxygen atoms in total. The molecule has 5 rings (SSSR count). The Balaban J connectivity index is 1.35. The van der Waals surface area contributed by atoms with Crippen LogP contribution in [0.25, 0.3) is 11.4 Å². The number of aryl methyl sites for hydroxylation is 1. The van der Waals surface area contributed by atoms with Gasteiger partial charge in [0.25, 0.3) is 0 Å². The van der Waals surface area contributed by atoms with Gasteiger partial charge in [-0.2, -0.15) is 13.2 Å². The van der Waals surface area contributed by atoms with E-state index in [2.05, 4.69) is 88.9 Å². The van der Waals surface area contributed by atoms with Crippen molar-refractivity contribution >= 4 is 0 Å². The number of hydrogen-bond donors (Lipinski definition) is 0. The largest absolute Gasteiger partial charge is 0.416 e. The van der Waals surface area contributed by atoms with Crippen LogP contribution in [0.4, 0.5) is 13.2 Å². The zero-order chi connectivity index (χ0) is 28.3. The monoisotopic (exact) mass is 546 g/mol. The third-order valence-electron chi connectivity index (χ3n) is 7.67. The van der Waals surface area contributed by atoms with E-state index in [1.165, 1.54) is 23.3 Å². The number of hydrogen-bond acceptors (Lipinski definition) is 3. The molecule has 0 radical (unpaired) electrons. The molecule has 4 aromatic rings. The lowest BCUT2D eigenvalue weighted by Gasteiger charge is -2.40. The van der Waals surface area contributed by atoms with Crippen molar-refractivity contribution in [3.05, 3.63) is 113 Å². The average molecular weight is 547 g/mol. The summed E-state index contributed by atoms with van der Waals surface area (Å²) in [5.74, 6) is 1.11. The normalized spacial score (nSPS) is 15.3. The Bertz CT molecular complexity index is 1330. The number of piperazine rings is 1. The minimum Gasteiger partial charge on any atom is -0.326 e. The highest BCUT2D eigenvalue weighted by Gasteiger charge is 2.31. The molecule has 0 bridgehead atoms. The van der Waals surface area contributed by atoms with Crippen molar-refractivity contribution in [1.82, 2.24) is 19.4 Å².